The van der Waals surface area contributed by atoms with E-state index in [2.05, 4.69) is 10.5 Å². The van der Waals surface area contributed by atoms with Crippen molar-refractivity contribution >= 4 is 23.7 Å². The van der Waals surface area contributed by atoms with Gasteiger partial charge in [0.1, 0.15) is 12.4 Å². The van der Waals surface area contributed by atoms with Crippen LogP contribution in [0.5, 0.6) is 5.75 Å². The maximum Gasteiger partial charge on any atom is 0.271 e. The third kappa shape index (κ3) is 5.60. The zero-order valence-electron chi connectivity index (χ0n) is 14.7. The summed E-state index contributed by atoms with van der Waals surface area (Å²) in [6.07, 6.45) is 8.02. The molecule has 3 rings (SSSR count). The predicted octanol–water partition coefficient (Wildman–Crippen LogP) is 5.21. The lowest BCUT2D eigenvalue weighted by Gasteiger charge is -2.16. The summed E-state index contributed by atoms with van der Waals surface area (Å²) in [5.41, 5.74) is 4.20. The number of amides is 1. The van der Waals surface area contributed by atoms with Crippen LogP contribution in [0, 0.1) is 5.92 Å². The Morgan fingerprint density at radius 1 is 1.08 bits per heavy atom. The number of hydrazone groups is 1. The van der Waals surface area contributed by atoms with Crippen LogP contribution < -0.4 is 10.2 Å². The molecule has 1 aliphatic carbocycles. The highest BCUT2D eigenvalue weighted by Crippen LogP contribution is 2.21. The van der Waals surface area contributed by atoms with E-state index in [9.17, 15) is 4.79 Å². The first-order valence-corrected chi connectivity index (χ1v) is 9.39. The van der Waals surface area contributed by atoms with Crippen LogP contribution in [0.25, 0.3) is 0 Å². The van der Waals surface area contributed by atoms with Crippen LogP contribution in [0.15, 0.2) is 53.6 Å². The Kier molecular flexibility index (Phi) is 6.67. The van der Waals surface area contributed by atoms with E-state index in [0.717, 1.165) is 5.56 Å². The molecule has 0 spiro atoms. The first-order chi connectivity index (χ1) is 12.7. The van der Waals surface area contributed by atoms with Crippen LogP contribution in [-0.4, -0.2) is 12.1 Å². The maximum atomic E-state index is 12.1. The number of carbonyl (C=O) groups is 1. The summed E-state index contributed by atoms with van der Waals surface area (Å²) in [7, 11) is 0. The lowest BCUT2D eigenvalue weighted by molar-refractivity contribution is 0.0955. The molecule has 0 aliphatic heterocycles. The normalized spacial score (nSPS) is 15.1. The molecule has 2 aromatic rings. The Bertz CT molecular complexity index is 736. The largest absolute Gasteiger partial charge is 0.489 e. The molecule has 0 bridgehead atoms. The molecule has 0 radical (unpaired) electrons. The van der Waals surface area contributed by atoms with E-state index in [4.69, 9.17) is 16.3 Å². The molecule has 1 amide bonds. The predicted molar refractivity (Wildman–Crippen MR) is 105 cm³/mol. The summed E-state index contributed by atoms with van der Waals surface area (Å²) < 4.78 is 5.72. The van der Waals surface area contributed by atoms with Crippen molar-refractivity contribution in [2.75, 3.05) is 0 Å². The molecule has 4 nitrogen and oxygen atoms in total. The fraction of sp³-hybridized carbons (Fsp3) is 0.333. The van der Waals surface area contributed by atoms with Gasteiger partial charge >= 0.3 is 0 Å². The Labute approximate surface area is 159 Å². The molecule has 136 valence electrons. The molecule has 5 heteroatoms. The van der Waals surface area contributed by atoms with Gasteiger partial charge in [0.05, 0.1) is 0 Å². The summed E-state index contributed by atoms with van der Waals surface area (Å²) >= 11 is 5.87. The van der Waals surface area contributed by atoms with Crippen molar-refractivity contribution in [2.45, 2.75) is 38.7 Å². The van der Waals surface area contributed by atoms with Crippen LogP contribution in [0.4, 0.5) is 0 Å². The summed E-state index contributed by atoms with van der Waals surface area (Å²) in [5, 5.41) is 4.81. The average molecular weight is 371 g/mol. The average Bonchev–Trinajstić information content (AvgIpc) is 2.69. The highest BCUT2D eigenvalue weighted by atomic mass is 35.5. The van der Waals surface area contributed by atoms with E-state index in [0.29, 0.717) is 28.9 Å². The van der Waals surface area contributed by atoms with E-state index in [1.807, 2.05) is 30.5 Å². The van der Waals surface area contributed by atoms with E-state index in [-0.39, 0.29) is 5.91 Å². The highest BCUT2D eigenvalue weighted by molar-refractivity contribution is 6.30. The number of nitrogens with zero attached hydrogens (tertiary/aromatic N) is 1. The first kappa shape index (κ1) is 18.5. The molecule has 1 saturated carbocycles. The van der Waals surface area contributed by atoms with Crippen LogP contribution in [0.2, 0.25) is 5.02 Å². The van der Waals surface area contributed by atoms with Gasteiger partial charge in [0, 0.05) is 16.8 Å². The Balaban J connectivity index is 1.47. The van der Waals surface area contributed by atoms with Gasteiger partial charge in [0.2, 0.25) is 0 Å². The van der Waals surface area contributed by atoms with Crippen LogP contribution in [-0.2, 0) is 6.61 Å². The summed E-state index contributed by atoms with van der Waals surface area (Å²) in [6, 6.07) is 14.6. The molecular formula is C21H23ClN2O2. The number of hydrogen-bond donors (Lipinski definition) is 1. The monoisotopic (exact) mass is 370 g/mol. The second kappa shape index (κ2) is 9.39. The summed E-state index contributed by atoms with van der Waals surface area (Å²) in [5.74, 6) is 0.996. The second-order valence-electron chi connectivity index (χ2n) is 6.56. The minimum atomic E-state index is -0.207. The SMILES string of the molecule is O=C(N/N=C/C1CCCCC1)c1ccc(OCc2ccc(Cl)cc2)cc1. The Morgan fingerprint density at radius 3 is 2.46 bits per heavy atom. The fourth-order valence-electron chi connectivity index (χ4n) is 3.00. The zero-order chi connectivity index (χ0) is 18.2. The van der Waals surface area contributed by atoms with Crippen molar-refractivity contribution in [3.05, 3.63) is 64.7 Å². The molecule has 0 unspecified atom stereocenters. The van der Waals surface area contributed by atoms with Crippen LogP contribution in [0.1, 0.15) is 48.0 Å². The van der Waals surface area contributed by atoms with Gasteiger partial charge in [-0.3, -0.25) is 4.79 Å². The summed E-state index contributed by atoms with van der Waals surface area (Å²) in [6.45, 7) is 0.453. The van der Waals surface area contributed by atoms with E-state index in [1.54, 1.807) is 24.3 Å². The second-order valence-corrected chi connectivity index (χ2v) is 6.99. The molecule has 0 atom stereocenters. The van der Waals surface area contributed by atoms with Crippen molar-refractivity contribution in [2.24, 2.45) is 11.0 Å². The Morgan fingerprint density at radius 2 is 1.77 bits per heavy atom. The van der Waals surface area contributed by atoms with Gasteiger partial charge in [0.15, 0.2) is 0 Å². The smallest absolute Gasteiger partial charge is 0.271 e. The minimum Gasteiger partial charge on any atom is -0.489 e. The van der Waals surface area contributed by atoms with Crippen molar-refractivity contribution in [3.8, 4) is 5.75 Å². The molecule has 1 fully saturated rings. The molecule has 0 aromatic heterocycles. The highest BCUT2D eigenvalue weighted by Gasteiger charge is 2.11. The van der Waals surface area contributed by atoms with Crippen molar-refractivity contribution in [1.82, 2.24) is 5.43 Å². The molecule has 0 heterocycles. The number of halogens is 1. The Hall–Kier alpha value is -2.33. The number of carbonyl (C=O) groups excluding carboxylic acids is 1. The van der Waals surface area contributed by atoms with E-state index in [1.165, 1.54) is 32.1 Å². The number of nitrogens with one attached hydrogen (secondary N) is 1. The lowest BCUT2D eigenvalue weighted by Crippen LogP contribution is -2.19. The molecule has 2 aromatic carbocycles. The third-order valence-electron chi connectivity index (χ3n) is 4.54. The van der Waals surface area contributed by atoms with Crippen molar-refractivity contribution in [1.29, 1.82) is 0 Å². The quantitative estimate of drug-likeness (QED) is 0.560. The number of rotatable bonds is 6. The zero-order valence-corrected chi connectivity index (χ0v) is 15.4. The molecule has 1 N–H and O–H groups in total. The van der Waals surface area contributed by atoms with Crippen LogP contribution >= 0.6 is 11.6 Å². The van der Waals surface area contributed by atoms with Gasteiger partial charge in [-0.15, -0.1) is 0 Å². The number of benzene rings is 2. The molecular weight excluding hydrogens is 348 g/mol. The van der Waals surface area contributed by atoms with Gasteiger partial charge in [-0.1, -0.05) is 43.0 Å². The van der Waals surface area contributed by atoms with E-state index >= 15 is 0 Å². The van der Waals surface area contributed by atoms with Gasteiger partial charge in [-0.2, -0.15) is 5.10 Å². The topological polar surface area (TPSA) is 50.7 Å². The van der Waals surface area contributed by atoms with Crippen molar-refractivity contribution in [3.63, 3.8) is 0 Å². The molecule has 1 aliphatic rings. The van der Waals surface area contributed by atoms with Gasteiger partial charge in [0.25, 0.3) is 5.91 Å². The fourth-order valence-corrected chi connectivity index (χ4v) is 3.12. The number of ether oxygens (including phenoxy) is 1. The first-order valence-electron chi connectivity index (χ1n) is 9.01. The van der Waals surface area contributed by atoms with Crippen molar-refractivity contribution < 1.29 is 9.53 Å². The van der Waals surface area contributed by atoms with E-state index < -0.39 is 0 Å². The van der Waals surface area contributed by atoms with Gasteiger partial charge in [-0.25, -0.2) is 5.43 Å². The third-order valence-corrected chi connectivity index (χ3v) is 4.79. The van der Waals surface area contributed by atoms with Gasteiger partial charge < -0.3 is 4.74 Å². The molecule has 0 saturated heterocycles. The minimum absolute atomic E-state index is 0.207. The molecule has 26 heavy (non-hydrogen) atoms. The standard InChI is InChI=1S/C21H23ClN2O2/c22-19-10-6-17(7-11-19)15-26-20-12-8-18(9-13-20)21(25)24-23-14-16-4-2-1-3-5-16/h6-14,16H,1-5,15H2,(H,24,25)/b23-14+. The number of hydrogen-bond acceptors (Lipinski definition) is 3. The lowest BCUT2D eigenvalue weighted by atomic mass is 9.90. The van der Waals surface area contributed by atoms with Gasteiger partial charge in [-0.05, 0) is 60.7 Å². The maximum absolute atomic E-state index is 12.1. The summed E-state index contributed by atoms with van der Waals surface area (Å²) in [4.78, 5) is 12.1. The van der Waals surface area contributed by atoms with Crippen LogP contribution in [0.3, 0.4) is 0 Å².